The number of amides is 3. The Kier molecular flexibility index (Phi) is 6.63. The second-order valence-corrected chi connectivity index (χ2v) is 8.32. The highest BCUT2D eigenvalue weighted by Gasteiger charge is 2.42. The number of non-ortho nitro benzene ring substituents is 1. The van der Waals surface area contributed by atoms with E-state index in [9.17, 15) is 24.5 Å². The number of carbonyl (C=O) groups is 3. The maximum absolute atomic E-state index is 13.2. The summed E-state index contributed by atoms with van der Waals surface area (Å²) in [5.74, 6) is -1.43. The number of nitro groups is 1. The number of fused-ring (bicyclic) bond motifs is 1. The molecule has 1 unspecified atom stereocenters. The van der Waals surface area contributed by atoms with Crippen molar-refractivity contribution in [2.75, 3.05) is 6.54 Å². The third-order valence-electron chi connectivity index (χ3n) is 6.15. The third kappa shape index (κ3) is 4.84. The fourth-order valence-corrected chi connectivity index (χ4v) is 4.36. The predicted octanol–water partition coefficient (Wildman–Crippen LogP) is 3.81. The lowest BCUT2D eigenvalue weighted by Gasteiger charge is -2.26. The molecule has 33 heavy (non-hydrogen) atoms. The molecule has 0 aromatic heterocycles. The van der Waals surface area contributed by atoms with Crippen molar-refractivity contribution in [1.82, 2.24) is 10.2 Å². The smallest absolute Gasteiger partial charge is 0.269 e. The molecule has 1 N–H and O–H groups in total. The molecule has 0 spiro atoms. The van der Waals surface area contributed by atoms with Crippen molar-refractivity contribution in [2.45, 2.75) is 44.6 Å². The molecule has 1 aliphatic heterocycles. The Labute approximate surface area is 191 Å². The number of nitrogens with one attached hydrogen (secondary N) is 1. The Morgan fingerprint density at radius 3 is 2.27 bits per heavy atom. The fraction of sp³-hybridized carbons (Fsp3) is 0.320. The molecule has 0 radical (unpaired) electrons. The van der Waals surface area contributed by atoms with Crippen LogP contribution < -0.4 is 5.32 Å². The van der Waals surface area contributed by atoms with Gasteiger partial charge >= 0.3 is 0 Å². The molecule has 1 atom stereocenters. The summed E-state index contributed by atoms with van der Waals surface area (Å²) in [6, 6.07) is 11.2. The van der Waals surface area contributed by atoms with Crippen LogP contribution >= 0.6 is 0 Å². The second-order valence-electron chi connectivity index (χ2n) is 8.32. The number of rotatable bonds is 8. The summed E-state index contributed by atoms with van der Waals surface area (Å²) in [7, 11) is 0. The number of nitro benzene ring substituents is 1. The monoisotopic (exact) mass is 447 g/mol. The van der Waals surface area contributed by atoms with Crippen molar-refractivity contribution in [1.29, 1.82) is 0 Å². The maximum Gasteiger partial charge on any atom is 0.269 e. The van der Waals surface area contributed by atoms with Gasteiger partial charge in [0.25, 0.3) is 17.5 Å². The topological polar surface area (TPSA) is 110 Å². The van der Waals surface area contributed by atoms with Gasteiger partial charge in [-0.1, -0.05) is 35.9 Å². The Bertz CT molecular complexity index is 1090. The Morgan fingerprint density at radius 2 is 1.70 bits per heavy atom. The lowest BCUT2D eigenvalue weighted by atomic mass is 9.97. The van der Waals surface area contributed by atoms with Crippen molar-refractivity contribution >= 4 is 23.4 Å². The van der Waals surface area contributed by atoms with E-state index in [-0.39, 0.29) is 23.2 Å². The average molecular weight is 447 g/mol. The summed E-state index contributed by atoms with van der Waals surface area (Å²) in [5, 5.41) is 13.8. The van der Waals surface area contributed by atoms with E-state index in [1.54, 1.807) is 36.4 Å². The van der Waals surface area contributed by atoms with E-state index in [0.717, 1.165) is 30.6 Å². The van der Waals surface area contributed by atoms with Gasteiger partial charge in [-0.15, -0.1) is 0 Å². The van der Waals surface area contributed by atoms with Crippen LogP contribution in [0.3, 0.4) is 0 Å². The normalized spacial score (nSPS) is 16.2. The Balaban J connectivity index is 1.54. The molecule has 8 heteroatoms. The van der Waals surface area contributed by atoms with Gasteiger partial charge in [0.2, 0.25) is 5.91 Å². The van der Waals surface area contributed by atoms with Crippen molar-refractivity contribution in [3.63, 3.8) is 0 Å². The lowest BCUT2D eigenvalue weighted by molar-refractivity contribution is -0.384. The van der Waals surface area contributed by atoms with Gasteiger partial charge in [0, 0.05) is 25.1 Å². The van der Waals surface area contributed by atoms with Gasteiger partial charge < -0.3 is 5.32 Å². The van der Waals surface area contributed by atoms with Crippen LogP contribution in [-0.2, 0) is 11.2 Å². The van der Waals surface area contributed by atoms with Crippen LogP contribution in [0.2, 0.25) is 0 Å². The van der Waals surface area contributed by atoms with Crippen molar-refractivity contribution < 1.29 is 19.3 Å². The molecule has 0 saturated heterocycles. The highest BCUT2D eigenvalue weighted by Crippen LogP contribution is 2.27. The van der Waals surface area contributed by atoms with Gasteiger partial charge in [-0.25, -0.2) is 0 Å². The van der Waals surface area contributed by atoms with E-state index in [4.69, 9.17) is 0 Å². The molecule has 2 aliphatic rings. The van der Waals surface area contributed by atoms with E-state index in [2.05, 4.69) is 11.4 Å². The van der Waals surface area contributed by atoms with Crippen molar-refractivity contribution in [3.8, 4) is 0 Å². The largest absolute Gasteiger partial charge is 0.354 e. The third-order valence-corrected chi connectivity index (χ3v) is 6.15. The molecular formula is C25H25N3O5. The van der Waals surface area contributed by atoms with E-state index in [1.165, 1.54) is 24.1 Å². The SMILES string of the molecule is O=C(NCCC1=CCCCC1)C(Cc1ccc([N+](=O)[O-])cc1)N1C(=O)c2ccccc2C1=O. The zero-order valence-corrected chi connectivity index (χ0v) is 18.2. The Hall–Kier alpha value is -3.81. The lowest BCUT2D eigenvalue weighted by Crippen LogP contribution is -2.51. The fourth-order valence-electron chi connectivity index (χ4n) is 4.36. The molecule has 8 nitrogen and oxygen atoms in total. The number of imide groups is 1. The van der Waals surface area contributed by atoms with Crippen molar-refractivity contribution in [2.24, 2.45) is 0 Å². The molecule has 2 aromatic rings. The van der Waals surface area contributed by atoms with E-state index in [1.807, 2.05) is 0 Å². The minimum absolute atomic E-state index is 0.0675. The summed E-state index contributed by atoms with van der Waals surface area (Å²) in [6.07, 6.45) is 7.44. The molecule has 0 saturated carbocycles. The number of hydrogen-bond donors (Lipinski definition) is 1. The number of benzene rings is 2. The first-order valence-electron chi connectivity index (χ1n) is 11.1. The van der Waals surface area contributed by atoms with Gasteiger partial charge in [0.15, 0.2) is 0 Å². The predicted molar refractivity (Wildman–Crippen MR) is 122 cm³/mol. The molecule has 0 bridgehead atoms. The zero-order chi connectivity index (χ0) is 23.4. The van der Waals surface area contributed by atoms with Crippen LogP contribution in [-0.4, -0.2) is 40.1 Å². The molecule has 1 aliphatic carbocycles. The summed E-state index contributed by atoms with van der Waals surface area (Å²) in [6.45, 7) is 0.421. The van der Waals surface area contributed by atoms with Crippen LogP contribution in [0, 0.1) is 10.1 Å². The molecule has 2 aromatic carbocycles. The van der Waals surface area contributed by atoms with Crippen LogP contribution in [0.4, 0.5) is 5.69 Å². The minimum Gasteiger partial charge on any atom is -0.354 e. The molecule has 1 heterocycles. The summed E-state index contributed by atoms with van der Waals surface area (Å²) >= 11 is 0. The van der Waals surface area contributed by atoms with Gasteiger partial charge in [0.1, 0.15) is 6.04 Å². The number of hydrogen-bond acceptors (Lipinski definition) is 5. The number of nitrogens with zero attached hydrogens (tertiary/aromatic N) is 2. The molecule has 170 valence electrons. The van der Waals surface area contributed by atoms with Crippen molar-refractivity contribution in [3.05, 3.63) is 87.0 Å². The molecule has 0 fully saturated rings. The van der Waals surface area contributed by atoms with Gasteiger partial charge in [-0.05, 0) is 49.8 Å². The van der Waals surface area contributed by atoms with Crippen LogP contribution in [0.1, 0.15) is 58.4 Å². The number of allylic oxidation sites excluding steroid dienone is 1. The summed E-state index contributed by atoms with van der Waals surface area (Å²) in [5.41, 5.74) is 2.41. The Morgan fingerprint density at radius 1 is 1.03 bits per heavy atom. The van der Waals surface area contributed by atoms with Crippen LogP contribution in [0.25, 0.3) is 0 Å². The van der Waals surface area contributed by atoms with E-state index >= 15 is 0 Å². The average Bonchev–Trinajstić information content (AvgIpc) is 3.08. The first-order chi connectivity index (χ1) is 16.0. The molecular weight excluding hydrogens is 422 g/mol. The highest BCUT2D eigenvalue weighted by atomic mass is 16.6. The second kappa shape index (κ2) is 9.77. The first kappa shape index (κ1) is 22.4. The van der Waals surface area contributed by atoms with E-state index < -0.39 is 28.7 Å². The van der Waals surface area contributed by atoms with Crippen LogP contribution in [0.5, 0.6) is 0 Å². The molecule has 4 rings (SSSR count). The quantitative estimate of drug-likeness (QED) is 0.286. The maximum atomic E-state index is 13.2. The zero-order valence-electron chi connectivity index (χ0n) is 18.2. The van der Waals surface area contributed by atoms with Gasteiger partial charge in [-0.2, -0.15) is 0 Å². The highest BCUT2D eigenvalue weighted by molar-refractivity contribution is 6.22. The summed E-state index contributed by atoms with van der Waals surface area (Å²) < 4.78 is 0. The standard InChI is InChI=1S/C25H25N3O5/c29-23(26-15-14-17-6-2-1-3-7-17)22(16-18-10-12-19(13-11-18)28(32)33)27-24(30)20-8-4-5-9-21(20)25(27)31/h4-6,8-13,22H,1-3,7,14-16H2,(H,26,29). The van der Waals surface area contributed by atoms with Crippen LogP contribution in [0.15, 0.2) is 60.2 Å². The first-order valence-corrected chi connectivity index (χ1v) is 11.1. The minimum atomic E-state index is -1.06. The molecule has 3 amide bonds. The van der Waals surface area contributed by atoms with E-state index in [0.29, 0.717) is 12.1 Å². The van der Waals surface area contributed by atoms with Gasteiger partial charge in [-0.3, -0.25) is 29.4 Å². The van der Waals surface area contributed by atoms with Gasteiger partial charge in [0.05, 0.1) is 16.1 Å². The summed E-state index contributed by atoms with van der Waals surface area (Å²) in [4.78, 5) is 50.7. The number of carbonyl (C=O) groups excluding carboxylic acids is 3.